The first-order valence-corrected chi connectivity index (χ1v) is 31.2. The Labute approximate surface area is 628 Å². The van der Waals surface area contributed by atoms with E-state index in [4.69, 9.17) is 53.3 Å². The van der Waals surface area contributed by atoms with Gasteiger partial charge in [-0.2, -0.15) is 20.4 Å². The van der Waals surface area contributed by atoms with Crippen LogP contribution in [0, 0.1) is 20.2 Å². The van der Waals surface area contributed by atoms with Crippen LogP contribution in [0.4, 0.5) is 34.5 Å². The summed E-state index contributed by atoms with van der Waals surface area (Å²) in [4.78, 5) is 58.2. The number of carbonyl (C=O) groups is 1. The molecule has 3 aromatic carbocycles. The molecule has 107 heavy (non-hydrogen) atoms. The highest BCUT2D eigenvalue weighted by Crippen LogP contribution is 2.36. The number of nitrogens with zero attached hydrogens (tertiary/aromatic N) is 16. The molecule has 9 N–H and O–H groups in total. The van der Waals surface area contributed by atoms with Crippen molar-refractivity contribution in [3.8, 4) is 57.2 Å². The number of halogens is 1. The van der Waals surface area contributed by atoms with Gasteiger partial charge < -0.3 is 46.7 Å². The zero-order valence-electron chi connectivity index (χ0n) is 56.1. The topological polar surface area (TPSA) is 409 Å². The number of carbonyl (C=O) groups excluding carboxylic acids is 1. The Morgan fingerprint density at radius 3 is 1.41 bits per heavy atom. The van der Waals surface area contributed by atoms with Crippen LogP contribution >= 0.6 is 11.6 Å². The molecule has 0 spiro atoms. The minimum absolute atomic E-state index is 0. The fraction of sp³-hybridized carbons (Fsp3) is 0.240. The van der Waals surface area contributed by atoms with Crippen molar-refractivity contribution < 1.29 is 33.4 Å². The molecular weight excluding hydrogens is 1390 g/mol. The number of anilines is 4. The van der Waals surface area contributed by atoms with Crippen LogP contribution in [0.1, 0.15) is 93.7 Å². The maximum absolute atomic E-state index is 10.5. The Hall–Kier alpha value is -12.7. The van der Waals surface area contributed by atoms with E-state index in [2.05, 4.69) is 67.4 Å². The van der Waals surface area contributed by atoms with E-state index in [1.165, 1.54) is 30.5 Å². The van der Waals surface area contributed by atoms with Gasteiger partial charge in [0.1, 0.15) is 52.8 Å². The van der Waals surface area contributed by atoms with E-state index >= 15 is 0 Å². The molecule has 30 nitrogen and oxygen atoms in total. The quantitative estimate of drug-likeness (QED) is 0.0222. The highest BCUT2D eigenvalue weighted by Gasteiger charge is 2.52. The molecule has 1 aliphatic heterocycles. The summed E-state index contributed by atoms with van der Waals surface area (Å²) in [6, 6.07) is 51.6. The van der Waals surface area contributed by atoms with E-state index < -0.39 is 9.85 Å². The second-order valence-corrected chi connectivity index (χ2v) is 23.6. The zero-order valence-corrected chi connectivity index (χ0v) is 56.9. The maximum Gasteiger partial charge on any atom is 0.516 e. The lowest BCUT2D eigenvalue weighted by molar-refractivity contribution is -0.384. The van der Waals surface area contributed by atoms with Gasteiger partial charge in [0.15, 0.2) is 11.9 Å². The Balaban J connectivity index is 0.000000340. The van der Waals surface area contributed by atoms with E-state index in [1.807, 2.05) is 171 Å². The van der Waals surface area contributed by atoms with Gasteiger partial charge in [-0.15, -0.1) is 0 Å². The predicted molar refractivity (Wildman–Crippen MR) is 425 cm³/mol. The third-order valence-corrected chi connectivity index (χ3v) is 15.3. The summed E-state index contributed by atoms with van der Waals surface area (Å²) >= 11 is 5.41. The van der Waals surface area contributed by atoms with Crippen LogP contribution in [-0.4, -0.2) is 108 Å². The second-order valence-electron chi connectivity index (χ2n) is 23.2. The van der Waals surface area contributed by atoms with Crippen molar-refractivity contribution in [2.45, 2.75) is 96.7 Å². The first-order chi connectivity index (χ1) is 48.3. The van der Waals surface area contributed by atoms with Gasteiger partial charge >= 0.3 is 18.5 Å². The number of nitrogens with one attached hydrogen (secondary N) is 1. The number of H-pyrrole nitrogens is 1. The van der Waals surface area contributed by atoms with Gasteiger partial charge in [0.2, 0.25) is 17.5 Å². The average Bonchev–Trinajstić information content (AvgIpc) is 1.63. The largest absolute Gasteiger partial charge is 0.516 e. The molecule has 0 bridgehead atoms. The highest BCUT2D eigenvalue weighted by molar-refractivity contribution is 6.61. The van der Waals surface area contributed by atoms with Crippen molar-refractivity contribution in [3.05, 3.63) is 243 Å². The van der Waals surface area contributed by atoms with Crippen LogP contribution in [0.25, 0.3) is 56.7 Å². The number of ether oxygens (including phenoxy) is 2. The van der Waals surface area contributed by atoms with Crippen LogP contribution in [0.5, 0.6) is 11.6 Å². The Kier molecular flexibility index (Phi) is 33.4. The van der Waals surface area contributed by atoms with Gasteiger partial charge in [0, 0.05) is 88.5 Å². The fourth-order valence-electron chi connectivity index (χ4n) is 9.07. The molecule has 11 heterocycles. The maximum atomic E-state index is 10.5. The normalized spacial score (nSPS) is 11.6. The number of aromatic nitrogens is 15. The number of aryl methyl sites for hydroxylation is 4. The summed E-state index contributed by atoms with van der Waals surface area (Å²) in [7, 11) is 7.05. The van der Waals surface area contributed by atoms with Crippen molar-refractivity contribution in [1.82, 2.24) is 74.0 Å². The number of benzene rings is 3. The van der Waals surface area contributed by atoms with E-state index in [0.717, 1.165) is 68.4 Å². The number of aromatic amines is 1. The van der Waals surface area contributed by atoms with Crippen LogP contribution in [-0.2, 0) is 50.7 Å². The number of hydrogen-bond donors (Lipinski definition) is 5. The number of hydrogen-bond acceptors (Lipinski definition) is 23. The number of nitrogen functional groups attached to an aromatic ring is 4. The summed E-state index contributed by atoms with van der Waals surface area (Å²) in [5.74, 6) is 2.20. The molecule has 0 radical (unpaired) electrons. The van der Waals surface area contributed by atoms with Gasteiger partial charge in [-0.3, -0.25) is 43.8 Å². The third-order valence-electron chi connectivity index (χ3n) is 15.1. The van der Waals surface area contributed by atoms with Gasteiger partial charge in [-0.25, -0.2) is 29.9 Å². The third kappa shape index (κ3) is 24.4. The van der Waals surface area contributed by atoms with Gasteiger partial charge in [-0.1, -0.05) is 117 Å². The molecule has 0 unspecified atom stereocenters. The summed E-state index contributed by atoms with van der Waals surface area (Å²) in [6.45, 7) is 9.18. The lowest BCUT2D eigenvalue weighted by Gasteiger charge is -2.32. The van der Waals surface area contributed by atoms with Crippen LogP contribution < -0.4 is 38.0 Å². The van der Waals surface area contributed by atoms with Gasteiger partial charge in [0.05, 0.1) is 54.9 Å². The van der Waals surface area contributed by atoms with Gasteiger partial charge in [0.25, 0.3) is 0 Å². The van der Waals surface area contributed by atoms with Crippen molar-refractivity contribution >= 4 is 76.3 Å². The second kappa shape index (κ2) is 40.4. The monoisotopic (exact) mass is 1480 g/mol. The number of imidazole rings is 1. The molecule has 32 heteroatoms. The number of pyridine rings is 5. The lowest BCUT2D eigenvalue weighted by atomic mass is 9.85. The molecule has 1 aliphatic rings. The molecule has 0 saturated carbocycles. The Morgan fingerprint density at radius 2 is 0.972 bits per heavy atom. The van der Waals surface area contributed by atoms with E-state index in [0.29, 0.717) is 53.2 Å². The van der Waals surface area contributed by atoms with E-state index in [1.54, 1.807) is 62.3 Å². The molecule has 1 fully saturated rings. The minimum atomic E-state index is -0.612. The standard InChI is InChI=1S/C23H19N5O.C13H11NO2.C10H17BN2O2.C9H9N5O2.C9H11N5.C5H4ClN3O2.6CH4/c1-28-14-13-20(27-28)19-11-12-21-23(24-19)26-22(25-21)17-7-9-18(10-8-17)29-15-16-5-3-2-4-6-16;15-9-12-6-7-13(14-8-12)16-10-11-4-2-1-3-5-11;1-9(2)10(3,4)15-11(14-9)8-6-7-13(5)12-8;1-13-5-4-7(12-13)6-2-3-8(14(15)16)9(10)11-6;1-14-5-4-8(13-14)7-3-2-6(10)9(11)12-7;6-4-2-1-3(9(10)11)5(7)8-4;;;;;;/h2-14H,15H2,1H3,(H,24,25,26);1-9H,10H2;6-7H,1-5H3;2-5H,1H3,(H2,10,11);2-5H,10H2,1H3,(H2,11,12);1-2H,(H2,7,8);6*1H4. The zero-order chi connectivity index (χ0) is 72.4. The minimum Gasteiger partial charge on any atom is -0.489 e. The first-order valence-electron chi connectivity index (χ1n) is 30.9. The van der Waals surface area contributed by atoms with E-state index in [-0.39, 0.29) is 91.0 Å². The summed E-state index contributed by atoms with van der Waals surface area (Å²) < 4.78 is 29.9. The number of aldehydes is 1. The smallest absolute Gasteiger partial charge is 0.489 e. The molecule has 10 aromatic heterocycles. The van der Waals surface area contributed by atoms with Crippen LogP contribution in [0.2, 0.25) is 5.15 Å². The summed E-state index contributed by atoms with van der Waals surface area (Å²) in [5.41, 5.74) is 31.8. The summed E-state index contributed by atoms with van der Waals surface area (Å²) in [5, 5.41) is 37.9. The Morgan fingerprint density at radius 1 is 0.514 bits per heavy atom. The molecular formula is C75H95BClN21O9. The van der Waals surface area contributed by atoms with E-state index in [9.17, 15) is 25.0 Å². The molecule has 14 rings (SSSR count). The van der Waals surface area contributed by atoms with Crippen molar-refractivity contribution in [2.24, 2.45) is 28.2 Å². The van der Waals surface area contributed by atoms with Crippen molar-refractivity contribution in [1.29, 1.82) is 0 Å². The van der Waals surface area contributed by atoms with Gasteiger partial charge in [-0.05, 0) is 130 Å². The number of nitrogens with two attached hydrogens (primary N) is 4. The molecule has 0 amide bonds. The molecule has 0 aliphatic carbocycles. The highest BCUT2D eigenvalue weighted by atomic mass is 35.5. The molecule has 564 valence electrons. The predicted octanol–water partition coefficient (Wildman–Crippen LogP) is 14.5. The first kappa shape index (κ1) is 88.5. The summed E-state index contributed by atoms with van der Waals surface area (Å²) in [6.07, 6.45) is 9.65. The average molecular weight is 1480 g/mol. The fourth-order valence-corrected chi connectivity index (χ4v) is 9.22. The molecule has 13 aromatic rings. The lowest BCUT2D eigenvalue weighted by Crippen LogP contribution is -2.41. The number of fused-ring (bicyclic) bond motifs is 1. The number of nitro groups is 2. The SMILES string of the molecule is C.C.C.C.C.C.Cn1ccc(-c2ccc(N)c(N)n2)n1.Cn1ccc(-c2ccc([N+](=O)[O-])c(N)n2)n1.Cn1ccc(-c2ccc3[nH]c(-c4ccc(OCc5ccccc5)cc4)nc3n2)n1.Cn1ccc(B2OC(C)(C)C(C)(C)O2)n1.Nc1nc(Cl)ccc1[N+](=O)[O-].O=Cc1ccc(OCc2ccccc2)nc1. The molecule has 0 atom stereocenters. The molecule has 1 saturated heterocycles. The number of rotatable bonds is 14. The van der Waals surface area contributed by atoms with Crippen molar-refractivity contribution in [2.75, 3.05) is 22.9 Å². The van der Waals surface area contributed by atoms with Crippen LogP contribution in [0.3, 0.4) is 0 Å². The van der Waals surface area contributed by atoms with Crippen molar-refractivity contribution in [3.63, 3.8) is 0 Å². The van der Waals surface area contributed by atoms with Crippen LogP contribution in [0.15, 0.2) is 201 Å². The Bertz CT molecular complexity index is 4900.